The molecule has 1 aliphatic carbocycles. The number of hydrogen-bond donors (Lipinski definition) is 4. The molecule has 7 rings (SSSR count). The molecule has 4 unspecified atom stereocenters. The first-order valence-corrected chi connectivity index (χ1v) is 14.2. The number of aromatic nitrogens is 3. The number of likely N-dealkylation sites (tertiary alicyclic amines) is 2. The summed E-state index contributed by atoms with van der Waals surface area (Å²) in [6.07, 6.45) is 12.7. The van der Waals surface area contributed by atoms with Crippen molar-refractivity contribution < 1.29 is 15.0 Å². The first-order valence-electron chi connectivity index (χ1n) is 14.2. The summed E-state index contributed by atoms with van der Waals surface area (Å²) < 4.78 is 0. The normalized spacial score (nSPS) is 33.6. The van der Waals surface area contributed by atoms with Crippen molar-refractivity contribution >= 4 is 18.5 Å². The van der Waals surface area contributed by atoms with E-state index in [0.717, 1.165) is 62.9 Å². The fourth-order valence-electron chi connectivity index (χ4n) is 7.37. The van der Waals surface area contributed by atoms with E-state index in [1.165, 1.54) is 19.4 Å². The van der Waals surface area contributed by atoms with Crippen molar-refractivity contribution in [1.29, 1.82) is 0 Å². The van der Waals surface area contributed by atoms with E-state index in [4.69, 9.17) is 5.11 Å². The lowest BCUT2D eigenvalue weighted by Gasteiger charge is -2.41. The molecule has 4 atom stereocenters. The van der Waals surface area contributed by atoms with E-state index in [0.29, 0.717) is 36.5 Å². The fourth-order valence-corrected chi connectivity index (χ4v) is 7.37. The Morgan fingerprint density at radius 3 is 2.23 bits per heavy atom. The number of pyridine rings is 1. The van der Waals surface area contributed by atoms with E-state index in [1.54, 1.807) is 29.6 Å². The van der Waals surface area contributed by atoms with Gasteiger partial charge in [0.15, 0.2) is 5.82 Å². The van der Waals surface area contributed by atoms with Crippen molar-refractivity contribution in [1.82, 2.24) is 35.4 Å². The Morgan fingerprint density at radius 1 is 0.897 bits per heavy atom. The van der Waals surface area contributed by atoms with Crippen LogP contribution in [0, 0.1) is 0 Å². The van der Waals surface area contributed by atoms with Crippen LogP contribution in [0.1, 0.15) is 57.1 Å². The second kappa shape index (κ2) is 12.0. The molecule has 1 saturated carbocycles. The number of hydrogen-bond acceptors (Lipinski definition) is 8. The van der Waals surface area contributed by atoms with Gasteiger partial charge in [-0.15, -0.1) is 12.4 Å². The minimum absolute atomic E-state index is 0. The van der Waals surface area contributed by atoms with Crippen molar-refractivity contribution in [3.05, 3.63) is 42.5 Å². The molecule has 11 heteroatoms. The van der Waals surface area contributed by atoms with Crippen LogP contribution in [0.15, 0.2) is 36.8 Å². The molecule has 39 heavy (non-hydrogen) atoms. The van der Waals surface area contributed by atoms with Crippen LogP contribution in [-0.4, -0.2) is 97.4 Å². The standard InChI is InChI=1S/C21H27N5O.C7H12N2O2.ClH/c27-21(19-3-2-15(14-25-19)20-23-10-1-11-24-20)8-4-16(5-9-21)26-13-7-17-18(26)6-12-22-17;10-7(11)9-4-2-5-6(9)1-3-8-5;/h1-3,10-11,14,16-18,22,27H,4-9,12-13H2;5-6,8H,1-4H2,(H,10,11);1H. The van der Waals surface area contributed by atoms with Crippen LogP contribution < -0.4 is 10.6 Å². The molecule has 4 aliphatic heterocycles. The van der Waals surface area contributed by atoms with Crippen molar-refractivity contribution in [2.75, 3.05) is 26.2 Å². The molecule has 5 aliphatic rings. The van der Waals surface area contributed by atoms with Crippen LogP contribution in [0.3, 0.4) is 0 Å². The highest BCUT2D eigenvalue weighted by Gasteiger charge is 2.44. The van der Waals surface area contributed by atoms with Gasteiger partial charge in [-0.1, -0.05) is 0 Å². The molecular formula is C28H40ClN7O3. The van der Waals surface area contributed by atoms with Gasteiger partial charge < -0.3 is 25.7 Å². The molecule has 2 aromatic rings. The van der Waals surface area contributed by atoms with Crippen molar-refractivity contribution in [2.45, 2.75) is 87.2 Å². The molecular weight excluding hydrogens is 518 g/mol. The number of halogens is 1. The second-order valence-corrected chi connectivity index (χ2v) is 11.4. The summed E-state index contributed by atoms with van der Waals surface area (Å²) in [5.41, 5.74) is 0.857. The van der Waals surface area contributed by atoms with Gasteiger partial charge in [-0.25, -0.2) is 14.8 Å². The number of carbonyl (C=O) groups is 1. The van der Waals surface area contributed by atoms with Gasteiger partial charge >= 0.3 is 6.09 Å². The zero-order valence-electron chi connectivity index (χ0n) is 22.3. The number of nitrogens with zero attached hydrogens (tertiary/aromatic N) is 5. The first-order chi connectivity index (χ1) is 18.5. The largest absolute Gasteiger partial charge is 0.465 e. The third kappa shape index (κ3) is 5.76. The van der Waals surface area contributed by atoms with E-state index in [-0.39, 0.29) is 18.4 Å². The molecule has 4 N–H and O–H groups in total. The Labute approximate surface area is 236 Å². The zero-order chi connectivity index (χ0) is 26.1. The molecule has 0 aromatic carbocycles. The minimum atomic E-state index is -0.806. The van der Waals surface area contributed by atoms with Gasteiger partial charge in [0.1, 0.15) is 5.60 Å². The average molecular weight is 558 g/mol. The van der Waals surface area contributed by atoms with Crippen LogP contribution in [-0.2, 0) is 5.60 Å². The van der Waals surface area contributed by atoms with Gasteiger partial charge in [-0.3, -0.25) is 9.88 Å². The molecule has 4 saturated heterocycles. The molecule has 2 aromatic heterocycles. The maximum Gasteiger partial charge on any atom is 0.407 e. The fraction of sp³-hybridized carbons (Fsp3) is 0.643. The van der Waals surface area contributed by atoms with E-state index < -0.39 is 11.7 Å². The summed E-state index contributed by atoms with van der Waals surface area (Å²) in [7, 11) is 0. The predicted octanol–water partition coefficient (Wildman–Crippen LogP) is 2.63. The van der Waals surface area contributed by atoms with Gasteiger partial charge in [-0.05, 0) is 82.7 Å². The Balaban J connectivity index is 0.000000216. The molecule has 212 valence electrons. The van der Waals surface area contributed by atoms with E-state index in [1.807, 2.05) is 12.1 Å². The highest BCUT2D eigenvalue weighted by atomic mass is 35.5. The Bertz CT molecular complexity index is 1100. The van der Waals surface area contributed by atoms with Crippen LogP contribution >= 0.6 is 12.4 Å². The summed E-state index contributed by atoms with van der Waals surface area (Å²) in [4.78, 5) is 28.0. The Hall–Kier alpha value is -2.37. The first kappa shape index (κ1) is 28.2. The summed E-state index contributed by atoms with van der Waals surface area (Å²) in [5.74, 6) is 0.668. The highest BCUT2D eigenvalue weighted by molar-refractivity contribution is 5.85. The van der Waals surface area contributed by atoms with Gasteiger partial charge in [0.2, 0.25) is 0 Å². The smallest absolute Gasteiger partial charge is 0.407 e. The van der Waals surface area contributed by atoms with Crippen LogP contribution in [0.4, 0.5) is 4.79 Å². The lowest BCUT2D eigenvalue weighted by atomic mass is 9.79. The predicted molar refractivity (Wildman–Crippen MR) is 150 cm³/mol. The summed E-state index contributed by atoms with van der Waals surface area (Å²) in [6, 6.07) is 8.42. The Morgan fingerprint density at radius 2 is 1.56 bits per heavy atom. The maximum atomic E-state index is 11.2. The molecule has 0 bridgehead atoms. The monoisotopic (exact) mass is 557 g/mol. The minimum Gasteiger partial charge on any atom is -0.465 e. The molecule has 0 radical (unpaired) electrons. The van der Waals surface area contributed by atoms with Crippen molar-refractivity contribution in [3.63, 3.8) is 0 Å². The number of carboxylic acid groups (broad SMARTS) is 1. The second-order valence-electron chi connectivity index (χ2n) is 11.4. The van der Waals surface area contributed by atoms with Gasteiger partial charge in [-0.2, -0.15) is 0 Å². The number of aliphatic hydroxyl groups is 1. The molecule has 10 nitrogen and oxygen atoms in total. The van der Waals surface area contributed by atoms with Gasteiger partial charge in [0, 0.05) is 61.4 Å². The summed E-state index contributed by atoms with van der Waals surface area (Å²) in [6.45, 7) is 4.04. The third-order valence-corrected chi connectivity index (χ3v) is 9.39. The number of amides is 1. The molecule has 5 fully saturated rings. The molecule has 1 amide bonds. The van der Waals surface area contributed by atoms with E-state index in [9.17, 15) is 9.90 Å². The third-order valence-electron chi connectivity index (χ3n) is 9.39. The van der Waals surface area contributed by atoms with E-state index >= 15 is 0 Å². The van der Waals surface area contributed by atoms with Gasteiger partial charge in [0.25, 0.3) is 0 Å². The summed E-state index contributed by atoms with van der Waals surface area (Å²) >= 11 is 0. The topological polar surface area (TPSA) is 127 Å². The SMILES string of the molecule is Cl.O=C(O)N1CCC2NCCC21.OC1(c2ccc(-c3ncccn3)cn2)CCC(N2CCC3NCCC32)CC1. The van der Waals surface area contributed by atoms with Crippen LogP contribution in [0.5, 0.6) is 0 Å². The van der Waals surface area contributed by atoms with Crippen molar-refractivity contribution in [2.24, 2.45) is 0 Å². The lowest BCUT2D eigenvalue weighted by Crippen LogP contribution is -2.46. The van der Waals surface area contributed by atoms with Crippen LogP contribution in [0.25, 0.3) is 11.4 Å². The number of nitrogens with one attached hydrogen (secondary N) is 2. The quantitative estimate of drug-likeness (QED) is 0.450. The van der Waals surface area contributed by atoms with Crippen molar-refractivity contribution in [3.8, 4) is 11.4 Å². The van der Waals surface area contributed by atoms with Crippen LogP contribution in [0.2, 0.25) is 0 Å². The summed E-state index contributed by atoms with van der Waals surface area (Å²) in [5, 5.41) is 26.9. The number of rotatable bonds is 3. The van der Waals surface area contributed by atoms with E-state index in [2.05, 4.69) is 30.5 Å². The highest BCUT2D eigenvalue weighted by Crippen LogP contribution is 2.40. The van der Waals surface area contributed by atoms with Gasteiger partial charge in [0.05, 0.1) is 11.7 Å². The maximum absolute atomic E-state index is 11.2. The Kier molecular flexibility index (Phi) is 8.68. The lowest BCUT2D eigenvalue weighted by molar-refractivity contribution is -0.0301. The average Bonchev–Trinajstić information content (AvgIpc) is 3.73. The molecule has 6 heterocycles. The molecule has 0 spiro atoms. The number of fused-ring (bicyclic) bond motifs is 2. The zero-order valence-corrected chi connectivity index (χ0v) is 23.1.